The molecule has 0 fully saturated rings. The molecule has 0 saturated heterocycles. The van der Waals surface area contributed by atoms with Crippen LogP contribution in [0.3, 0.4) is 0 Å². The largest absolute Gasteiger partial charge is 0.444 e. The van der Waals surface area contributed by atoms with Crippen molar-refractivity contribution in [3.05, 3.63) is 34.8 Å². The summed E-state index contributed by atoms with van der Waals surface area (Å²) in [5, 5.41) is 9.56. The first-order valence-corrected chi connectivity index (χ1v) is 6.23. The Balaban J connectivity index is 1.97. The molecule has 0 aliphatic carbocycles. The number of oxazole rings is 1. The number of amides is 1. The minimum absolute atomic E-state index is 0.239. The summed E-state index contributed by atoms with van der Waals surface area (Å²) in [6, 6.07) is 1.76. The van der Waals surface area contributed by atoms with E-state index in [1.165, 1.54) is 0 Å². The molecular formula is C13H18N4O2. The standard InChI is InChI=1S/C13H18N4O2/c1-7(2)10-5-11(17-16-10)13(18)14-6-12-15-8(3)9(4)19-12/h5,7H,6H2,1-4H3,(H,14,18)(H,16,17). The average Bonchev–Trinajstić information content (AvgIpc) is 2.95. The van der Waals surface area contributed by atoms with Crippen molar-refractivity contribution in [2.75, 3.05) is 0 Å². The van der Waals surface area contributed by atoms with Crippen LogP contribution in [-0.2, 0) is 6.54 Å². The monoisotopic (exact) mass is 262 g/mol. The number of nitrogens with zero attached hydrogens (tertiary/aromatic N) is 2. The highest BCUT2D eigenvalue weighted by atomic mass is 16.4. The zero-order valence-corrected chi connectivity index (χ0v) is 11.6. The molecule has 19 heavy (non-hydrogen) atoms. The van der Waals surface area contributed by atoms with Gasteiger partial charge in [-0.05, 0) is 25.8 Å². The molecule has 2 aromatic heterocycles. The van der Waals surface area contributed by atoms with Gasteiger partial charge in [-0.25, -0.2) is 4.98 Å². The summed E-state index contributed by atoms with van der Waals surface area (Å²) in [6.45, 7) is 8.04. The molecule has 6 nitrogen and oxygen atoms in total. The van der Waals surface area contributed by atoms with Crippen LogP contribution in [0.4, 0.5) is 0 Å². The molecule has 0 radical (unpaired) electrons. The topological polar surface area (TPSA) is 83.8 Å². The quantitative estimate of drug-likeness (QED) is 0.883. The van der Waals surface area contributed by atoms with E-state index in [2.05, 4.69) is 20.5 Å². The first-order chi connectivity index (χ1) is 8.97. The van der Waals surface area contributed by atoms with Gasteiger partial charge in [0, 0.05) is 5.69 Å². The molecule has 0 aliphatic rings. The van der Waals surface area contributed by atoms with Crippen molar-refractivity contribution in [1.29, 1.82) is 0 Å². The van der Waals surface area contributed by atoms with Gasteiger partial charge in [0.1, 0.15) is 11.5 Å². The number of H-pyrrole nitrogens is 1. The molecule has 1 amide bonds. The van der Waals surface area contributed by atoms with Crippen LogP contribution in [0.15, 0.2) is 10.5 Å². The molecule has 2 N–H and O–H groups in total. The molecular weight excluding hydrogens is 244 g/mol. The van der Waals surface area contributed by atoms with Crippen molar-refractivity contribution in [3.8, 4) is 0 Å². The van der Waals surface area contributed by atoms with E-state index in [9.17, 15) is 4.79 Å². The minimum atomic E-state index is -0.239. The fraction of sp³-hybridized carbons (Fsp3) is 0.462. The van der Waals surface area contributed by atoms with E-state index < -0.39 is 0 Å². The number of aromatic amines is 1. The second-order valence-electron chi connectivity index (χ2n) is 4.80. The molecule has 2 rings (SSSR count). The Morgan fingerprint density at radius 2 is 2.21 bits per heavy atom. The summed E-state index contributed by atoms with van der Waals surface area (Å²) in [5.74, 6) is 1.34. The van der Waals surface area contributed by atoms with Gasteiger partial charge in [-0.2, -0.15) is 5.10 Å². The molecule has 6 heteroatoms. The van der Waals surface area contributed by atoms with Crippen LogP contribution in [0.1, 0.15) is 53.3 Å². The zero-order valence-electron chi connectivity index (χ0n) is 11.6. The van der Waals surface area contributed by atoms with Gasteiger partial charge in [0.25, 0.3) is 5.91 Å². The van der Waals surface area contributed by atoms with Crippen molar-refractivity contribution in [2.45, 2.75) is 40.2 Å². The minimum Gasteiger partial charge on any atom is -0.444 e. The first kappa shape index (κ1) is 13.3. The number of aryl methyl sites for hydroxylation is 2. The van der Waals surface area contributed by atoms with Crippen LogP contribution < -0.4 is 5.32 Å². The van der Waals surface area contributed by atoms with E-state index in [-0.39, 0.29) is 12.5 Å². The van der Waals surface area contributed by atoms with Crippen LogP contribution in [0.5, 0.6) is 0 Å². The maximum absolute atomic E-state index is 11.9. The lowest BCUT2D eigenvalue weighted by molar-refractivity contribution is 0.0942. The third-order valence-electron chi connectivity index (χ3n) is 2.93. The first-order valence-electron chi connectivity index (χ1n) is 6.23. The number of carbonyl (C=O) groups excluding carboxylic acids is 1. The molecule has 0 spiro atoms. The summed E-state index contributed by atoms with van der Waals surface area (Å²) in [7, 11) is 0. The molecule has 102 valence electrons. The van der Waals surface area contributed by atoms with E-state index in [0.29, 0.717) is 17.5 Å². The van der Waals surface area contributed by atoms with E-state index in [0.717, 1.165) is 17.1 Å². The molecule has 0 aliphatic heterocycles. The molecule has 0 atom stereocenters. The summed E-state index contributed by atoms with van der Waals surface area (Å²) in [4.78, 5) is 16.1. The normalized spacial score (nSPS) is 11.0. The van der Waals surface area contributed by atoms with Gasteiger partial charge < -0.3 is 9.73 Å². The lowest BCUT2D eigenvalue weighted by Crippen LogP contribution is -2.23. The van der Waals surface area contributed by atoms with E-state index in [1.54, 1.807) is 6.07 Å². The number of hydrogen-bond donors (Lipinski definition) is 2. The van der Waals surface area contributed by atoms with Gasteiger partial charge in [0.05, 0.1) is 12.2 Å². The molecule has 0 saturated carbocycles. The molecule has 2 aromatic rings. The van der Waals surface area contributed by atoms with Crippen molar-refractivity contribution < 1.29 is 9.21 Å². The van der Waals surface area contributed by atoms with E-state index >= 15 is 0 Å². The van der Waals surface area contributed by atoms with Gasteiger partial charge in [-0.15, -0.1) is 0 Å². The summed E-state index contributed by atoms with van der Waals surface area (Å²) < 4.78 is 5.39. The summed E-state index contributed by atoms with van der Waals surface area (Å²) in [5.41, 5.74) is 2.16. The maximum Gasteiger partial charge on any atom is 0.272 e. The van der Waals surface area contributed by atoms with Crippen molar-refractivity contribution in [2.24, 2.45) is 0 Å². The van der Waals surface area contributed by atoms with E-state index in [4.69, 9.17) is 4.42 Å². The zero-order chi connectivity index (χ0) is 14.0. The van der Waals surface area contributed by atoms with Gasteiger partial charge in [0.15, 0.2) is 0 Å². The van der Waals surface area contributed by atoms with Crippen molar-refractivity contribution in [3.63, 3.8) is 0 Å². The Kier molecular flexibility index (Phi) is 3.69. The number of carbonyl (C=O) groups is 1. The average molecular weight is 262 g/mol. The van der Waals surface area contributed by atoms with Gasteiger partial charge in [-0.1, -0.05) is 13.8 Å². The van der Waals surface area contributed by atoms with Gasteiger partial charge in [-0.3, -0.25) is 9.89 Å². The Morgan fingerprint density at radius 1 is 1.47 bits per heavy atom. The van der Waals surface area contributed by atoms with Crippen molar-refractivity contribution in [1.82, 2.24) is 20.5 Å². The highest BCUT2D eigenvalue weighted by Crippen LogP contribution is 2.12. The second-order valence-corrected chi connectivity index (χ2v) is 4.80. The Bertz CT molecular complexity index is 564. The highest BCUT2D eigenvalue weighted by molar-refractivity contribution is 5.92. The third-order valence-corrected chi connectivity index (χ3v) is 2.93. The van der Waals surface area contributed by atoms with Crippen molar-refractivity contribution >= 4 is 5.91 Å². The lowest BCUT2D eigenvalue weighted by Gasteiger charge is -1.99. The smallest absolute Gasteiger partial charge is 0.272 e. The lowest BCUT2D eigenvalue weighted by atomic mass is 10.1. The number of nitrogens with one attached hydrogen (secondary N) is 2. The third kappa shape index (κ3) is 3.01. The SMILES string of the molecule is Cc1nc(CNC(=O)c2cc(C(C)C)[nH]n2)oc1C. The van der Waals surface area contributed by atoms with E-state index in [1.807, 2.05) is 27.7 Å². The predicted molar refractivity (Wildman–Crippen MR) is 69.8 cm³/mol. The molecule has 0 aromatic carbocycles. The summed E-state index contributed by atoms with van der Waals surface area (Å²) in [6.07, 6.45) is 0. The Labute approximate surface area is 111 Å². The molecule has 0 bridgehead atoms. The van der Waals surface area contributed by atoms with Gasteiger partial charge in [0.2, 0.25) is 5.89 Å². The Hall–Kier alpha value is -2.11. The van der Waals surface area contributed by atoms with Crippen LogP contribution in [0.2, 0.25) is 0 Å². The molecule has 0 unspecified atom stereocenters. The fourth-order valence-corrected chi connectivity index (χ4v) is 1.61. The van der Waals surface area contributed by atoms with Crippen LogP contribution in [0.25, 0.3) is 0 Å². The maximum atomic E-state index is 11.9. The second kappa shape index (κ2) is 5.26. The number of hydrogen-bond acceptors (Lipinski definition) is 4. The van der Waals surface area contributed by atoms with Crippen LogP contribution in [-0.4, -0.2) is 21.1 Å². The summed E-state index contributed by atoms with van der Waals surface area (Å²) >= 11 is 0. The Morgan fingerprint density at radius 3 is 2.74 bits per heavy atom. The van der Waals surface area contributed by atoms with Crippen LogP contribution >= 0.6 is 0 Å². The molecule has 2 heterocycles. The highest BCUT2D eigenvalue weighted by Gasteiger charge is 2.13. The van der Waals surface area contributed by atoms with Crippen LogP contribution in [0, 0.1) is 13.8 Å². The number of rotatable bonds is 4. The number of aromatic nitrogens is 3. The predicted octanol–water partition coefficient (Wildman–Crippen LogP) is 2.07. The fourth-order valence-electron chi connectivity index (χ4n) is 1.61. The van der Waals surface area contributed by atoms with Gasteiger partial charge >= 0.3 is 0 Å².